The zero-order chi connectivity index (χ0) is 21.3. The summed E-state index contributed by atoms with van der Waals surface area (Å²) in [6, 6.07) is 4.78. The van der Waals surface area contributed by atoms with Gasteiger partial charge in [-0.05, 0) is 43.6 Å². The van der Waals surface area contributed by atoms with Gasteiger partial charge in [-0.15, -0.1) is 0 Å². The van der Waals surface area contributed by atoms with E-state index >= 15 is 0 Å². The maximum Gasteiger partial charge on any atom is 0.416 e. The van der Waals surface area contributed by atoms with Crippen LogP contribution in [0, 0.1) is 0 Å². The van der Waals surface area contributed by atoms with Crippen molar-refractivity contribution in [1.82, 2.24) is 20.3 Å². The van der Waals surface area contributed by atoms with Crippen LogP contribution in [-0.2, 0) is 18.3 Å². The zero-order valence-electron chi connectivity index (χ0n) is 15.8. The molecule has 1 aromatic heterocycles. The van der Waals surface area contributed by atoms with E-state index in [1.807, 2.05) is 0 Å². The van der Waals surface area contributed by atoms with Crippen LogP contribution in [0.1, 0.15) is 29.7 Å². The number of hydrogen-bond donors (Lipinski definition) is 4. The minimum Gasteiger partial charge on any atom is -0.403 e. The fraction of sp³-hybridized carbons (Fsp3) is 0.368. The van der Waals surface area contributed by atoms with Gasteiger partial charge in [-0.25, -0.2) is 5.84 Å². The first-order valence-electron chi connectivity index (χ1n) is 9.00. The number of aromatic nitrogens is 2. The van der Waals surface area contributed by atoms with E-state index in [-0.39, 0.29) is 0 Å². The Balaban J connectivity index is 0.000000221. The van der Waals surface area contributed by atoms with E-state index in [0.717, 1.165) is 17.8 Å². The number of piperidine rings is 1. The van der Waals surface area contributed by atoms with Gasteiger partial charge < -0.3 is 21.2 Å². The highest BCUT2D eigenvalue weighted by Crippen LogP contribution is 2.34. The van der Waals surface area contributed by atoms with Crippen molar-refractivity contribution in [2.75, 3.05) is 13.1 Å². The van der Waals surface area contributed by atoms with Crippen LogP contribution in [-0.4, -0.2) is 33.2 Å². The molecular formula is C19H25F3N6O. The van der Waals surface area contributed by atoms with Gasteiger partial charge in [0, 0.05) is 24.8 Å². The standard InChI is InChI=1S/C12H14F3NO.C7H11N5/c13-12(14,15)10-3-1-9(2-4-10)11(17)5-7-16-8-6-11;8-1-4-12(9)6-7-5-10-2-3-11-7/h1-4,16-17H,5-8H2;1-5H,6,8-9H2/b;4-1-. The molecule has 0 spiro atoms. The van der Waals surface area contributed by atoms with Crippen LogP contribution in [0.5, 0.6) is 0 Å². The van der Waals surface area contributed by atoms with Crippen LogP contribution in [0.3, 0.4) is 0 Å². The van der Waals surface area contributed by atoms with Crippen LogP contribution in [0.25, 0.3) is 0 Å². The summed E-state index contributed by atoms with van der Waals surface area (Å²) in [6.07, 6.45) is 4.56. The van der Waals surface area contributed by atoms with Gasteiger partial charge in [-0.1, -0.05) is 12.1 Å². The molecule has 1 saturated heterocycles. The molecule has 7 nitrogen and oxygen atoms in total. The molecule has 10 heteroatoms. The molecule has 6 N–H and O–H groups in total. The lowest BCUT2D eigenvalue weighted by molar-refractivity contribution is -0.137. The topological polar surface area (TPSA) is 113 Å². The van der Waals surface area contributed by atoms with E-state index in [2.05, 4.69) is 15.3 Å². The highest BCUT2D eigenvalue weighted by molar-refractivity contribution is 5.29. The Morgan fingerprint density at radius 1 is 1.17 bits per heavy atom. The highest BCUT2D eigenvalue weighted by atomic mass is 19.4. The molecule has 0 amide bonds. The Hall–Kier alpha value is -2.69. The van der Waals surface area contributed by atoms with Crippen molar-refractivity contribution in [3.8, 4) is 0 Å². The first-order valence-corrected chi connectivity index (χ1v) is 9.00. The molecule has 0 aliphatic carbocycles. The second-order valence-corrected chi connectivity index (χ2v) is 6.57. The molecule has 2 heterocycles. The van der Waals surface area contributed by atoms with Gasteiger partial charge in [-0.2, -0.15) is 13.2 Å². The number of benzene rings is 1. The quantitative estimate of drug-likeness (QED) is 0.449. The monoisotopic (exact) mass is 410 g/mol. The number of rotatable bonds is 4. The minimum absolute atomic E-state index is 0.502. The first kappa shape index (κ1) is 22.6. The molecule has 0 saturated carbocycles. The largest absolute Gasteiger partial charge is 0.416 e. The number of nitrogens with two attached hydrogens (primary N) is 2. The number of nitrogens with zero attached hydrogens (tertiary/aromatic N) is 3. The Morgan fingerprint density at radius 3 is 2.34 bits per heavy atom. The second kappa shape index (κ2) is 10.2. The van der Waals surface area contributed by atoms with E-state index in [4.69, 9.17) is 11.6 Å². The Labute approximate surface area is 167 Å². The SMILES string of the molecule is N/C=C\N(N)Cc1cnccn1.OC1(c2ccc(C(F)(F)F)cc2)CCNCC1. The third-order valence-electron chi connectivity index (χ3n) is 4.42. The number of halogens is 3. The van der Waals surface area contributed by atoms with Crippen molar-refractivity contribution in [1.29, 1.82) is 0 Å². The van der Waals surface area contributed by atoms with E-state index in [1.165, 1.54) is 23.3 Å². The summed E-state index contributed by atoms with van der Waals surface area (Å²) < 4.78 is 37.2. The molecular weight excluding hydrogens is 385 g/mol. The number of hydrogen-bond acceptors (Lipinski definition) is 7. The van der Waals surface area contributed by atoms with Crippen LogP contribution in [0.4, 0.5) is 13.2 Å². The van der Waals surface area contributed by atoms with Crippen molar-refractivity contribution in [3.63, 3.8) is 0 Å². The molecule has 29 heavy (non-hydrogen) atoms. The fourth-order valence-corrected chi connectivity index (χ4v) is 2.86. The van der Waals surface area contributed by atoms with E-state index in [0.29, 0.717) is 38.0 Å². The van der Waals surface area contributed by atoms with Crippen molar-refractivity contribution >= 4 is 0 Å². The molecule has 1 aliphatic rings. The van der Waals surface area contributed by atoms with Gasteiger partial charge in [0.05, 0.1) is 29.6 Å². The van der Waals surface area contributed by atoms with Crippen molar-refractivity contribution in [3.05, 3.63) is 72.1 Å². The molecule has 1 aliphatic heterocycles. The van der Waals surface area contributed by atoms with E-state index < -0.39 is 17.3 Å². The maximum absolute atomic E-state index is 12.4. The molecule has 0 atom stereocenters. The Kier molecular flexibility index (Phi) is 7.94. The lowest BCUT2D eigenvalue weighted by Gasteiger charge is -2.33. The smallest absolute Gasteiger partial charge is 0.403 e. The van der Waals surface area contributed by atoms with Crippen molar-refractivity contribution < 1.29 is 18.3 Å². The van der Waals surface area contributed by atoms with E-state index in [1.54, 1.807) is 24.8 Å². The second-order valence-electron chi connectivity index (χ2n) is 6.57. The third-order valence-corrected chi connectivity index (χ3v) is 4.42. The van der Waals surface area contributed by atoms with Crippen LogP contribution in [0.2, 0.25) is 0 Å². The summed E-state index contributed by atoms with van der Waals surface area (Å²) in [5.41, 5.74) is 4.84. The molecule has 158 valence electrons. The van der Waals surface area contributed by atoms with Crippen molar-refractivity contribution in [2.45, 2.75) is 31.2 Å². The minimum atomic E-state index is -4.32. The zero-order valence-corrected chi connectivity index (χ0v) is 15.8. The van der Waals surface area contributed by atoms with Gasteiger partial charge >= 0.3 is 6.18 Å². The summed E-state index contributed by atoms with van der Waals surface area (Å²) in [4.78, 5) is 7.94. The third kappa shape index (κ3) is 7.00. The Bertz CT molecular complexity index is 762. The summed E-state index contributed by atoms with van der Waals surface area (Å²) in [7, 11) is 0. The molecule has 0 radical (unpaired) electrons. The van der Waals surface area contributed by atoms with Crippen molar-refractivity contribution in [2.24, 2.45) is 11.6 Å². The number of aliphatic hydroxyl groups is 1. The first-order chi connectivity index (χ1) is 13.7. The number of alkyl halides is 3. The molecule has 2 aromatic rings. The lowest BCUT2D eigenvalue weighted by atomic mass is 9.85. The van der Waals surface area contributed by atoms with Gasteiger partial charge in [0.25, 0.3) is 0 Å². The lowest BCUT2D eigenvalue weighted by Crippen LogP contribution is -2.39. The average molecular weight is 410 g/mol. The van der Waals surface area contributed by atoms with Crippen LogP contribution < -0.4 is 16.9 Å². The van der Waals surface area contributed by atoms with Gasteiger partial charge in [0.2, 0.25) is 0 Å². The van der Waals surface area contributed by atoms with Crippen LogP contribution in [0.15, 0.2) is 55.3 Å². The normalized spacial score (nSPS) is 16.2. The number of nitrogens with one attached hydrogen (secondary N) is 1. The molecule has 0 unspecified atom stereocenters. The Morgan fingerprint density at radius 2 is 1.83 bits per heavy atom. The molecule has 1 fully saturated rings. The molecule has 1 aromatic carbocycles. The highest BCUT2D eigenvalue weighted by Gasteiger charge is 2.33. The van der Waals surface area contributed by atoms with Gasteiger partial charge in [0.1, 0.15) is 0 Å². The van der Waals surface area contributed by atoms with E-state index in [9.17, 15) is 18.3 Å². The average Bonchev–Trinajstić information content (AvgIpc) is 2.69. The summed E-state index contributed by atoms with van der Waals surface area (Å²) in [5.74, 6) is 5.51. The summed E-state index contributed by atoms with van der Waals surface area (Å²) in [5, 5.41) is 14.9. The number of hydrazine groups is 1. The predicted molar refractivity (Wildman–Crippen MR) is 103 cm³/mol. The molecule has 0 bridgehead atoms. The predicted octanol–water partition coefficient (Wildman–Crippen LogP) is 1.86. The fourth-order valence-electron chi connectivity index (χ4n) is 2.86. The van der Waals surface area contributed by atoms with Gasteiger partial charge in [-0.3, -0.25) is 9.97 Å². The maximum atomic E-state index is 12.4. The molecule has 3 rings (SSSR count). The summed E-state index contributed by atoms with van der Waals surface area (Å²) in [6.45, 7) is 1.86. The summed E-state index contributed by atoms with van der Waals surface area (Å²) >= 11 is 0. The van der Waals surface area contributed by atoms with Gasteiger partial charge in [0.15, 0.2) is 0 Å². The van der Waals surface area contributed by atoms with Crippen LogP contribution >= 0.6 is 0 Å².